The first-order chi connectivity index (χ1) is 10.9. The molecule has 1 N–H and O–H groups in total. The topological polar surface area (TPSA) is 66.5 Å². The molecule has 0 aromatic heterocycles. The molecule has 2 aliphatic rings. The summed E-state index contributed by atoms with van der Waals surface area (Å²) < 4.78 is 50.1. The predicted octanol–water partition coefficient (Wildman–Crippen LogP) is 0.956. The number of nitrogens with one attached hydrogen (secondary N) is 1. The molecule has 8 heteroatoms. The quantitative estimate of drug-likeness (QED) is 0.887. The van der Waals surface area contributed by atoms with Gasteiger partial charge in [-0.15, -0.1) is 0 Å². The highest BCUT2D eigenvalue weighted by Gasteiger charge is 2.42. The van der Waals surface area contributed by atoms with E-state index in [9.17, 15) is 22.0 Å². The van der Waals surface area contributed by atoms with Crippen molar-refractivity contribution in [3.63, 3.8) is 0 Å². The van der Waals surface area contributed by atoms with Crippen LogP contribution in [0.25, 0.3) is 0 Å². The van der Waals surface area contributed by atoms with Crippen LogP contribution in [0.15, 0.2) is 18.2 Å². The van der Waals surface area contributed by atoms with Crippen molar-refractivity contribution in [2.75, 3.05) is 24.6 Å². The van der Waals surface area contributed by atoms with E-state index in [1.54, 1.807) is 0 Å². The Morgan fingerprint density at radius 3 is 2.48 bits per heavy atom. The summed E-state index contributed by atoms with van der Waals surface area (Å²) in [5.41, 5.74) is -0.0200. The molecule has 1 aromatic rings. The van der Waals surface area contributed by atoms with Crippen LogP contribution in [0, 0.1) is 11.6 Å². The normalized spacial score (nSPS) is 27.2. The molecule has 2 atom stereocenters. The Bertz CT molecular complexity index is 717. The minimum Gasteiger partial charge on any atom is -0.347 e. The molecule has 3 rings (SSSR count). The van der Waals surface area contributed by atoms with Crippen LogP contribution in [-0.4, -0.2) is 55.9 Å². The van der Waals surface area contributed by atoms with Crippen LogP contribution in [0.4, 0.5) is 8.78 Å². The fourth-order valence-electron chi connectivity index (χ4n) is 3.29. The van der Waals surface area contributed by atoms with Crippen molar-refractivity contribution in [3.8, 4) is 0 Å². The van der Waals surface area contributed by atoms with E-state index in [4.69, 9.17) is 0 Å². The lowest BCUT2D eigenvalue weighted by atomic mass is 10.1. The number of halogens is 2. The maximum Gasteiger partial charge on any atom is 0.251 e. The Morgan fingerprint density at radius 1 is 1.13 bits per heavy atom. The van der Waals surface area contributed by atoms with Crippen molar-refractivity contribution in [3.05, 3.63) is 35.4 Å². The molecule has 0 bridgehead atoms. The molecular weight excluding hydrogens is 326 g/mol. The number of benzene rings is 1. The third-order valence-corrected chi connectivity index (χ3v) is 6.15. The second-order valence-corrected chi connectivity index (χ2v) is 8.25. The van der Waals surface area contributed by atoms with Gasteiger partial charge in [0.15, 0.2) is 21.5 Å². The van der Waals surface area contributed by atoms with E-state index >= 15 is 0 Å². The molecule has 2 saturated heterocycles. The molecule has 2 aliphatic heterocycles. The van der Waals surface area contributed by atoms with Gasteiger partial charge in [-0.05, 0) is 44.1 Å². The van der Waals surface area contributed by atoms with E-state index in [2.05, 4.69) is 10.2 Å². The molecule has 1 aromatic carbocycles. The molecule has 5 nitrogen and oxygen atoms in total. The van der Waals surface area contributed by atoms with Gasteiger partial charge in [0.25, 0.3) is 5.91 Å². The molecule has 0 aliphatic carbocycles. The molecule has 2 fully saturated rings. The smallest absolute Gasteiger partial charge is 0.251 e. The summed E-state index contributed by atoms with van der Waals surface area (Å²) in [6.07, 6.45) is 2.03. The van der Waals surface area contributed by atoms with Crippen LogP contribution < -0.4 is 5.32 Å². The SMILES string of the molecule is O=C(N[C@H]1CS(=O)(=O)C[C@H]1N1CCCC1)c1ccc(F)c(F)c1. The van der Waals surface area contributed by atoms with Crippen LogP contribution in [0.1, 0.15) is 23.2 Å². The zero-order valence-corrected chi connectivity index (χ0v) is 13.3. The minimum atomic E-state index is -3.22. The van der Waals surface area contributed by atoms with Crippen molar-refractivity contribution >= 4 is 15.7 Å². The lowest BCUT2D eigenvalue weighted by Gasteiger charge is -2.28. The van der Waals surface area contributed by atoms with Crippen molar-refractivity contribution < 1.29 is 22.0 Å². The third kappa shape index (κ3) is 3.53. The first-order valence-electron chi connectivity index (χ1n) is 7.56. The standard InChI is InChI=1S/C15H18F2N2O3S/c16-11-4-3-10(7-12(11)17)15(20)18-13-8-23(21,22)9-14(13)19-5-1-2-6-19/h3-4,7,13-14H,1-2,5-6,8-9H2,(H,18,20)/t13-,14+/m0/s1. The predicted molar refractivity (Wildman–Crippen MR) is 80.9 cm³/mol. The molecule has 0 radical (unpaired) electrons. The van der Waals surface area contributed by atoms with Gasteiger partial charge in [-0.25, -0.2) is 17.2 Å². The molecular formula is C15H18F2N2O3S. The van der Waals surface area contributed by atoms with E-state index in [-0.39, 0.29) is 23.1 Å². The van der Waals surface area contributed by atoms with E-state index in [1.165, 1.54) is 6.07 Å². The van der Waals surface area contributed by atoms with Gasteiger partial charge >= 0.3 is 0 Å². The highest BCUT2D eigenvalue weighted by molar-refractivity contribution is 7.91. The van der Waals surface area contributed by atoms with E-state index in [0.29, 0.717) is 0 Å². The average molecular weight is 344 g/mol. The number of likely N-dealkylation sites (tertiary alicyclic amines) is 1. The zero-order valence-electron chi connectivity index (χ0n) is 12.5. The summed E-state index contributed by atoms with van der Waals surface area (Å²) in [6.45, 7) is 1.63. The largest absolute Gasteiger partial charge is 0.347 e. The van der Waals surface area contributed by atoms with Gasteiger partial charge in [-0.2, -0.15) is 0 Å². The van der Waals surface area contributed by atoms with Crippen LogP contribution in [-0.2, 0) is 9.84 Å². The van der Waals surface area contributed by atoms with Gasteiger partial charge < -0.3 is 5.32 Å². The van der Waals surface area contributed by atoms with Gasteiger partial charge in [-0.3, -0.25) is 9.69 Å². The Hall–Kier alpha value is -1.54. The number of hydrogen-bond acceptors (Lipinski definition) is 4. The molecule has 0 saturated carbocycles. The third-order valence-electron chi connectivity index (χ3n) is 4.43. The second kappa shape index (κ2) is 6.16. The first-order valence-corrected chi connectivity index (χ1v) is 9.38. The Morgan fingerprint density at radius 2 is 1.83 bits per heavy atom. The molecule has 0 spiro atoms. The molecule has 1 amide bonds. The fraction of sp³-hybridized carbons (Fsp3) is 0.533. The number of amides is 1. The maximum atomic E-state index is 13.2. The molecule has 126 valence electrons. The van der Waals surface area contributed by atoms with Crippen molar-refractivity contribution in [2.24, 2.45) is 0 Å². The number of hydrogen-bond donors (Lipinski definition) is 1. The summed E-state index contributed by atoms with van der Waals surface area (Å²) in [5.74, 6) is -2.82. The Balaban J connectivity index is 1.76. The highest BCUT2D eigenvalue weighted by atomic mass is 32.2. The summed E-state index contributed by atoms with van der Waals surface area (Å²) in [5, 5.41) is 2.68. The number of carbonyl (C=O) groups is 1. The lowest BCUT2D eigenvalue weighted by molar-refractivity contribution is 0.0918. The summed E-state index contributed by atoms with van der Waals surface area (Å²) in [4.78, 5) is 14.3. The summed E-state index contributed by atoms with van der Waals surface area (Å²) >= 11 is 0. The Kier molecular flexibility index (Phi) is 4.37. The maximum absolute atomic E-state index is 13.2. The monoisotopic (exact) mass is 344 g/mol. The van der Waals surface area contributed by atoms with Crippen LogP contribution >= 0.6 is 0 Å². The molecule has 2 heterocycles. The van der Waals surface area contributed by atoms with Gasteiger partial charge in [0.1, 0.15) is 0 Å². The van der Waals surface area contributed by atoms with Crippen molar-refractivity contribution in [1.29, 1.82) is 0 Å². The number of sulfone groups is 1. The van der Waals surface area contributed by atoms with Gasteiger partial charge in [-0.1, -0.05) is 0 Å². The summed E-state index contributed by atoms with van der Waals surface area (Å²) in [7, 11) is -3.22. The van der Waals surface area contributed by atoms with Crippen LogP contribution in [0.2, 0.25) is 0 Å². The molecule has 23 heavy (non-hydrogen) atoms. The fourth-order valence-corrected chi connectivity index (χ4v) is 5.24. The molecule has 0 unspecified atom stereocenters. The van der Waals surface area contributed by atoms with Gasteiger partial charge in [0, 0.05) is 11.6 Å². The van der Waals surface area contributed by atoms with Crippen LogP contribution in [0.3, 0.4) is 0 Å². The lowest BCUT2D eigenvalue weighted by Crippen LogP contribution is -2.50. The second-order valence-electron chi connectivity index (χ2n) is 6.10. The minimum absolute atomic E-state index is 0.0200. The summed E-state index contributed by atoms with van der Waals surface area (Å²) in [6, 6.07) is 2.10. The Labute approximate surface area is 133 Å². The first kappa shape index (κ1) is 16.3. The van der Waals surface area contributed by atoms with Crippen LogP contribution in [0.5, 0.6) is 0 Å². The van der Waals surface area contributed by atoms with E-state index < -0.39 is 33.4 Å². The van der Waals surface area contributed by atoms with E-state index in [0.717, 1.165) is 38.1 Å². The van der Waals surface area contributed by atoms with E-state index in [1.807, 2.05) is 0 Å². The van der Waals surface area contributed by atoms with Gasteiger partial charge in [0.05, 0.1) is 17.5 Å². The van der Waals surface area contributed by atoms with Crippen molar-refractivity contribution in [1.82, 2.24) is 10.2 Å². The highest BCUT2D eigenvalue weighted by Crippen LogP contribution is 2.23. The zero-order chi connectivity index (χ0) is 16.6. The number of rotatable bonds is 3. The number of carbonyl (C=O) groups excluding carboxylic acids is 1. The van der Waals surface area contributed by atoms with Gasteiger partial charge in [0.2, 0.25) is 0 Å². The van der Waals surface area contributed by atoms with Crippen molar-refractivity contribution in [2.45, 2.75) is 24.9 Å². The average Bonchev–Trinajstić information content (AvgIpc) is 3.09. The number of nitrogens with zero attached hydrogens (tertiary/aromatic N) is 1.